The van der Waals surface area contributed by atoms with Gasteiger partial charge in [-0.3, -0.25) is 5.41 Å². The molecule has 1 aromatic heterocycles. The first-order valence-electron chi connectivity index (χ1n) is 5.91. The molecule has 0 atom stereocenters. The number of rotatable bonds is 3. The van der Waals surface area contributed by atoms with E-state index in [0.717, 1.165) is 27.4 Å². The Kier molecular flexibility index (Phi) is 3.85. The third-order valence-electron chi connectivity index (χ3n) is 2.59. The van der Waals surface area contributed by atoms with E-state index in [0.29, 0.717) is 5.16 Å². The average Bonchev–Trinajstić information content (AvgIpc) is 2.30. The lowest BCUT2D eigenvalue weighted by Crippen LogP contribution is -2.12. The molecule has 4 nitrogen and oxygen atoms in total. The van der Waals surface area contributed by atoms with Crippen LogP contribution in [0.4, 0.5) is 0 Å². The molecule has 0 bridgehead atoms. The van der Waals surface area contributed by atoms with E-state index in [1.165, 1.54) is 11.8 Å². The quantitative estimate of drug-likeness (QED) is 0.512. The smallest absolute Gasteiger partial charge is 0.192 e. The Balaban J connectivity index is 2.40. The van der Waals surface area contributed by atoms with Crippen molar-refractivity contribution in [3.05, 3.63) is 46.8 Å². The minimum Gasteiger partial charge on any atom is -0.384 e. The Morgan fingerprint density at radius 2 is 1.74 bits per heavy atom. The van der Waals surface area contributed by atoms with Gasteiger partial charge >= 0.3 is 0 Å². The maximum absolute atomic E-state index is 7.65. The molecule has 1 heterocycles. The molecule has 0 radical (unpaired) electrons. The molecule has 0 aliphatic heterocycles. The van der Waals surface area contributed by atoms with Gasteiger partial charge in [0, 0.05) is 21.8 Å². The number of aryl methyl sites for hydroxylation is 3. The van der Waals surface area contributed by atoms with Gasteiger partial charge in [-0.1, -0.05) is 11.6 Å². The van der Waals surface area contributed by atoms with Crippen LogP contribution in [0.25, 0.3) is 0 Å². The molecule has 2 rings (SSSR count). The molecule has 0 fully saturated rings. The number of amidine groups is 1. The third-order valence-corrected chi connectivity index (χ3v) is 3.53. The average molecular weight is 272 g/mol. The molecule has 3 N–H and O–H groups in total. The molecule has 19 heavy (non-hydrogen) atoms. The zero-order valence-electron chi connectivity index (χ0n) is 11.2. The number of hydrogen-bond donors (Lipinski definition) is 2. The topological polar surface area (TPSA) is 75.7 Å². The van der Waals surface area contributed by atoms with Gasteiger partial charge in [0.05, 0.1) is 0 Å². The van der Waals surface area contributed by atoms with Gasteiger partial charge in [0.2, 0.25) is 0 Å². The predicted octanol–water partition coefficient (Wildman–Crippen LogP) is 2.84. The van der Waals surface area contributed by atoms with Crippen molar-refractivity contribution in [3.63, 3.8) is 0 Å². The van der Waals surface area contributed by atoms with Crippen LogP contribution < -0.4 is 5.73 Å². The molecule has 0 aliphatic carbocycles. The zero-order valence-corrected chi connectivity index (χ0v) is 12.0. The van der Waals surface area contributed by atoms with Crippen molar-refractivity contribution in [1.82, 2.24) is 9.97 Å². The highest BCUT2D eigenvalue weighted by Gasteiger charge is 2.09. The van der Waals surface area contributed by atoms with Gasteiger partial charge in [-0.05, 0) is 50.7 Å². The molecular weight excluding hydrogens is 256 g/mol. The number of aromatic nitrogens is 2. The van der Waals surface area contributed by atoms with Crippen molar-refractivity contribution in [3.8, 4) is 0 Å². The summed E-state index contributed by atoms with van der Waals surface area (Å²) in [6, 6.07) is 7.80. The first-order valence-corrected chi connectivity index (χ1v) is 6.72. The van der Waals surface area contributed by atoms with Crippen LogP contribution in [0.1, 0.15) is 22.5 Å². The summed E-state index contributed by atoms with van der Waals surface area (Å²) in [5.41, 5.74) is 9.31. The van der Waals surface area contributed by atoms with Gasteiger partial charge in [0.25, 0.3) is 0 Å². The Bertz CT molecular complexity index is 617. The predicted molar refractivity (Wildman–Crippen MR) is 77.8 cm³/mol. The number of benzene rings is 1. The van der Waals surface area contributed by atoms with Gasteiger partial charge in [-0.2, -0.15) is 0 Å². The van der Waals surface area contributed by atoms with E-state index >= 15 is 0 Å². The largest absolute Gasteiger partial charge is 0.384 e. The summed E-state index contributed by atoms with van der Waals surface area (Å²) < 4.78 is 0. The number of nitrogens with one attached hydrogen (secondary N) is 1. The molecule has 0 unspecified atom stereocenters. The van der Waals surface area contributed by atoms with Crippen molar-refractivity contribution < 1.29 is 0 Å². The van der Waals surface area contributed by atoms with E-state index in [-0.39, 0.29) is 5.84 Å². The van der Waals surface area contributed by atoms with Gasteiger partial charge < -0.3 is 5.73 Å². The van der Waals surface area contributed by atoms with Crippen LogP contribution in [-0.4, -0.2) is 15.8 Å². The first-order chi connectivity index (χ1) is 8.95. The molecular formula is C14H16N4S. The second-order valence-corrected chi connectivity index (χ2v) is 5.46. The standard InChI is InChI=1S/C14H16N4S/c1-8-4-5-12(11(6-8)13(15)16)19-14-17-9(2)7-10(3)18-14/h4-7H,1-3H3,(H3,15,16). The van der Waals surface area contributed by atoms with Gasteiger partial charge in [0.1, 0.15) is 5.84 Å². The highest BCUT2D eigenvalue weighted by Crippen LogP contribution is 2.28. The minimum atomic E-state index is 0.0653. The first kappa shape index (κ1) is 13.5. The summed E-state index contributed by atoms with van der Waals surface area (Å²) in [5.74, 6) is 0.0653. The summed E-state index contributed by atoms with van der Waals surface area (Å²) in [6.45, 7) is 5.87. The highest BCUT2D eigenvalue weighted by atomic mass is 32.2. The molecule has 0 aliphatic rings. The van der Waals surface area contributed by atoms with Gasteiger partial charge in [0.15, 0.2) is 5.16 Å². The lowest BCUT2D eigenvalue weighted by molar-refractivity contribution is 0.902. The van der Waals surface area contributed by atoms with Crippen LogP contribution in [0.2, 0.25) is 0 Å². The Hall–Kier alpha value is -1.88. The van der Waals surface area contributed by atoms with E-state index in [2.05, 4.69) is 9.97 Å². The summed E-state index contributed by atoms with van der Waals surface area (Å²) >= 11 is 1.44. The van der Waals surface area contributed by atoms with Crippen molar-refractivity contribution in [2.75, 3.05) is 0 Å². The molecule has 0 saturated carbocycles. The second-order valence-electron chi connectivity index (χ2n) is 4.45. The maximum atomic E-state index is 7.65. The fraction of sp³-hybridized carbons (Fsp3) is 0.214. The van der Waals surface area contributed by atoms with E-state index in [1.807, 2.05) is 45.0 Å². The van der Waals surface area contributed by atoms with E-state index in [9.17, 15) is 0 Å². The Labute approximate surface area is 117 Å². The fourth-order valence-corrected chi connectivity index (χ4v) is 2.77. The number of nitrogen functional groups attached to an aromatic ring is 1. The van der Waals surface area contributed by atoms with Crippen LogP contribution in [0.15, 0.2) is 34.3 Å². The lowest BCUT2D eigenvalue weighted by atomic mass is 10.1. The fourth-order valence-electron chi connectivity index (χ4n) is 1.78. The van der Waals surface area contributed by atoms with Crippen LogP contribution in [-0.2, 0) is 0 Å². The minimum absolute atomic E-state index is 0.0653. The molecule has 1 aromatic carbocycles. The number of nitrogens with zero attached hydrogens (tertiary/aromatic N) is 2. The molecule has 0 saturated heterocycles. The third kappa shape index (κ3) is 3.32. The van der Waals surface area contributed by atoms with E-state index < -0.39 is 0 Å². The maximum Gasteiger partial charge on any atom is 0.192 e. The van der Waals surface area contributed by atoms with Crippen LogP contribution in [0.5, 0.6) is 0 Å². The van der Waals surface area contributed by atoms with Crippen molar-refractivity contribution in [2.24, 2.45) is 5.73 Å². The van der Waals surface area contributed by atoms with Crippen LogP contribution >= 0.6 is 11.8 Å². The van der Waals surface area contributed by atoms with Gasteiger partial charge in [-0.25, -0.2) is 9.97 Å². The summed E-state index contributed by atoms with van der Waals surface area (Å²) in [4.78, 5) is 9.69. The Morgan fingerprint density at radius 3 is 2.32 bits per heavy atom. The summed E-state index contributed by atoms with van der Waals surface area (Å²) in [6.07, 6.45) is 0. The Morgan fingerprint density at radius 1 is 1.11 bits per heavy atom. The van der Waals surface area contributed by atoms with Gasteiger partial charge in [-0.15, -0.1) is 0 Å². The molecule has 0 spiro atoms. The SMILES string of the molecule is Cc1ccc(Sc2nc(C)cc(C)n2)c(C(=N)N)c1. The van der Waals surface area contributed by atoms with E-state index in [4.69, 9.17) is 11.1 Å². The second kappa shape index (κ2) is 5.40. The lowest BCUT2D eigenvalue weighted by Gasteiger charge is -2.08. The van der Waals surface area contributed by atoms with Crippen LogP contribution in [0, 0.1) is 26.2 Å². The molecule has 2 aromatic rings. The molecule has 0 amide bonds. The number of hydrogen-bond acceptors (Lipinski definition) is 4. The van der Waals surface area contributed by atoms with Crippen LogP contribution in [0.3, 0.4) is 0 Å². The monoisotopic (exact) mass is 272 g/mol. The number of nitrogens with two attached hydrogens (primary N) is 1. The van der Waals surface area contributed by atoms with Crippen molar-refractivity contribution >= 4 is 17.6 Å². The molecule has 5 heteroatoms. The van der Waals surface area contributed by atoms with E-state index in [1.54, 1.807) is 0 Å². The zero-order chi connectivity index (χ0) is 14.0. The van der Waals surface area contributed by atoms with Crippen molar-refractivity contribution in [2.45, 2.75) is 30.8 Å². The highest BCUT2D eigenvalue weighted by molar-refractivity contribution is 7.99. The van der Waals surface area contributed by atoms with Crippen molar-refractivity contribution in [1.29, 1.82) is 5.41 Å². The summed E-state index contributed by atoms with van der Waals surface area (Å²) in [7, 11) is 0. The normalized spacial score (nSPS) is 10.5. The molecule has 98 valence electrons. The summed E-state index contributed by atoms with van der Waals surface area (Å²) in [5, 5.41) is 8.33.